The third-order valence-corrected chi connectivity index (χ3v) is 3.49. The highest BCUT2D eigenvalue weighted by Gasteiger charge is 2.31. The summed E-state index contributed by atoms with van der Waals surface area (Å²) in [6, 6.07) is 5.51. The number of hydrogen-bond donors (Lipinski definition) is 1. The highest BCUT2D eigenvalue weighted by molar-refractivity contribution is 5.78. The van der Waals surface area contributed by atoms with Gasteiger partial charge >= 0.3 is 6.36 Å². The third-order valence-electron chi connectivity index (χ3n) is 3.49. The first-order chi connectivity index (χ1) is 11.2. The Morgan fingerprint density at radius 1 is 1.33 bits per heavy atom. The van der Waals surface area contributed by atoms with Crippen LogP contribution in [0, 0.1) is 5.92 Å². The molecular weight excluding hydrogens is 323 g/mol. The van der Waals surface area contributed by atoms with Gasteiger partial charge in [0.2, 0.25) is 5.91 Å². The molecule has 1 heterocycles. The Kier molecular flexibility index (Phi) is 5.48. The quantitative estimate of drug-likeness (QED) is 0.879. The van der Waals surface area contributed by atoms with Crippen molar-refractivity contribution in [2.45, 2.75) is 26.3 Å². The van der Waals surface area contributed by atoms with Gasteiger partial charge in [-0.15, -0.1) is 13.2 Å². The van der Waals surface area contributed by atoms with Crippen molar-refractivity contribution in [1.82, 2.24) is 14.9 Å². The molecule has 5 nitrogen and oxygen atoms in total. The first kappa shape index (κ1) is 17.8. The summed E-state index contributed by atoms with van der Waals surface area (Å²) in [6.45, 7) is 2.08. The van der Waals surface area contributed by atoms with Crippen LogP contribution in [0.3, 0.4) is 0 Å². The molecule has 0 saturated heterocycles. The molecule has 1 aromatic heterocycles. The minimum absolute atomic E-state index is 0.145. The Balaban J connectivity index is 1.85. The molecule has 1 atom stereocenters. The zero-order chi connectivity index (χ0) is 17.7. The molecule has 1 aromatic carbocycles. The fraction of sp³-hybridized carbons (Fsp3) is 0.375. The van der Waals surface area contributed by atoms with Crippen LogP contribution in [0.5, 0.6) is 5.75 Å². The van der Waals surface area contributed by atoms with E-state index in [0.29, 0.717) is 13.0 Å². The van der Waals surface area contributed by atoms with Crippen molar-refractivity contribution in [3.8, 4) is 5.75 Å². The molecule has 130 valence electrons. The third kappa shape index (κ3) is 5.29. The van der Waals surface area contributed by atoms with Gasteiger partial charge < -0.3 is 14.6 Å². The van der Waals surface area contributed by atoms with Crippen LogP contribution < -0.4 is 10.1 Å². The molecule has 1 unspecified atom stereocenters. The molecule has 0 fully saturated rings. The molecule has 0 aliphatic rings. The fourth-order valence-corrected chi connectivity index (χ4v) is 2.18. The Hall–Kier alpha value is -2.51. The van der Waals surface area contributed by atoms with Crippen LogP contribution in [0.1, 0.15) is 18.3 Å². The Morgan fingerprint density at radius 2 is 2.00 bits per heavy atom. The zero-order valence-corrected chi connectivity index (χ0v) is 13.3. The lowest BCUT2D eigenvalue weighted by atomic mass is 10.0. The molecule has 1 amide bonds. The minimum Gasteiger partial charge on any atom is -0.406 e. The highest BCUT2D eigenvalue weighted by Crippen LogP contribution is 2.23. The SMILES string of the molecule is CC(Cc1ccc(OC(F)(F)F)cc1)C(=O)NCc1nccn1C. The van der Waals surface area contributed by atoms with Gasteiger partial charge in [0.25, 0.3) is 0 Å². The van der Waals surface area contributed by atoms with Crippen LogP contribution in [0.25, 0.3) is 0 Å². The van der Waals surface area contributed by atoms with Crippen LogP contribution in [-0.4, -0.2) is 21.8 Å². The molecule has 24 heavy (non-hydrogen) atoms. The number of halogens is 3. The summed E-state index contributed by atoms with van der Waals surface area (Å²) in [5.74, 6) is -0.00406. The number of aromatic nitrogens is 2. The number of carbonyl (C=O) groups excluding carboxylic acids is 1. The van der Waals surface area contributed by atoms with E-state index >= 15 is 0 Å². The van der Waals surface area contributed by atoms with Crippen LogP contribution in [-0.2, 0) is 24.8 Å². The maximum Gasteiger partial charge on any atom is 0.573 e. The van der Waals surface area contributed by atoms with Gasteiger partial charge in [-0.3, -0.25) is 4.79 Å². The van der Waals surface area contributed by atoms with E-state index in [2.05, 4.69) is 15.0 Å². The van der Waals surface area contributed by atoms with Crippen molar-refractivity contribution in [1.29, 1.82) is 0 Å². The van der Waals surface area contributed by atoms with E-state index in [1.165, 1.54) is 24.3 Å². The molecule has 0 bridgehead atoms. The second-order valence-corrected chi connectivity index (χ2v) is 5.47. The van der Waals surface area contributed by atoms with Crippen LogP contribution in [0.2, 0.25) is 0 Å². The number of carbonyl (C=O) groups is 1. The van der Waals surface area contributed by atoms with Gasteiger partial charge in [-0.2, -0.15) is 0 Å². The summed E-state index contributed by atoms with van der Waals surface area (Å²) in [7, 11) is 1.84. The molecular formula is C16H18F3N3O2. The topological polar surface area (TPSA) is 56.1 Å². The monoisotopic (exact) mass is 341 g/mol. The van der Waals surface area contributed by atoms with Gasteiger partial charge in [0.15, 0.2) is 0 Å². The molecule has 2 rings (SSSR count). The van der Waals surface area contributed by atoms with Crippen LogP contribution >= 0.6 is 0 Å². The van der Waals surface area contributed by atoms with Crippen molar-refractivity contribution < 1.29 is 22.7 Å². The number of imidazole rings is 1. The number of rotatable bonds is 6. The van der Waals surface area contributed by atoms with Crippen LogP contribution in [0.4, 0.5) is 13.2 Å². The lowest BCUT2D eigenvalue weighted by molar-refractivity contribution is -0.274. The molecule has 1 N–H and O–H groups in total. The number of ether oxygens (including phenoxy) is 1. The number of benzene rings is 1. The summed E-state index contributed by atoms with van der Waals surface area (Å²) >= 11 is 0. The summed E-state index contributed by atoms with van der Waals surface area (Å²) in [5, 5.41) is 2.79. The van der Waals surface area contributed by atoms with Gasteiger partial charge in [-0.1, -0.05) is 19.1 Å². The first-order valence-electron chi connectivity index (χ1n) is 7.33. The predicted molar refractivity (Wildman–Crippen MR) is 81.0 cm³/mol. The van der Waals surface area contributed by atoms with Crippen molar-refractivity contribution in [3.63, 3.8) is 0 Å². The fourth-order valence-electron chi connectivity index (χ4n) is 2.18. The molecule has 0 aliphatic heterocycles. The van der Waals surface area contributed by atoms with E-state index in [9.17, 15) is 18.0 Å². The number of hydrogen-bond acceptors (Lipinski definition) is 3. The number of nitrogens with zero attached hydrogens (tertiary/aromatic N) is 2. The first-order valence-corrected chi connectivity index (χ1v) is 7.33. The normalized spacial score (nSPS) is 12.7. The summed E-state index contributed by atoms with van der Waals surface area (Å²) in [6.07, 6.45) is -0.858. The number of nitrogens with one attached hydrogen (secondary N) is 1. The maximum absolute atomic E-state index is 12.1. The van der Waals surface area contributed by atoms with E-state index in [4.69, 9.17) is 0 Å². The van der Waals surface area contributed by atoms with Gasteiger partial charge in [0.05, 0.1) is 6.54 Å². The van der Waals surface area contributed by atoms with E-state index in [0.717, 1.165) is 11.4 Å². The molecule has 0 aliphatic carbocycles. The molecule has 0 saturated carbocycles. The average molecular weight is 341 g/mol. The zero-order valence-electron chi connectivity index (χ0n) is 13.3. The predicted octanol–water partition coefficient (Wildman–Crippen LogP) is 2.81. The largest absolute Gasteiger partial charge is 0.573 e. The van der Waals surface area contributed by atoms with E-state index < -0.39 is 6.36 Å². The summed E-state index contributed by atoms with van der Waals surface area (Å²) in [5.41, 5.74) is 0.754. The van der Waals surface area contributed by atoms with Crippen molar-refractivity contribution in [2.75, 3.05) is 0 Å². The van der Waals surface area contributed by atoms with E-state index in [-0.39, 0.29) is 17.6 Å². The minimum atomic E-state index is -4.71. The van der Waals surface area contributed by atoms with Gasteiger partial charge in [0, 0.05) is 25.4 Å². The van der Waals surface area contributed by atoms with E-state index in [1.807, 2.05) is 11.6 Å². The number of amides is 1. The number of aryl methyl sites for hydroxylation is 1. The maximum atomic E-state index is 12.1. The highest BCUT2D eigenvalue weighted by atomic mass is 19.4. The van der Waals surface area contributed by atoms with Crippen molar-refractivity contribution in [3.05, 3.63) is 48.0 Å². The second kappa shape index (κ2) is 7.37. The summed E-state index contributed by atoms with van der Waals surface area (Å²) < 4.78 is 41.9. The smallest absolute Gasteiger partial charge is 0.406 e. The standard InChI is InChI=1S/C16H18F3N3O2/c1-11(15(23)21-10-14-20-7-8-22(14)2)9-12-3-5-13(6-4-12)24-16(17,18)19/h3-8,11H,9-10H2,1-2H3,(H,21,23). The number of alkyl halides is 3. The average Bonchev–Trinajstić information content (AvgIpc) is 2.90. The Labute approximate surface area is 137 Å². The van der Waals surface area contributed by atoms with E-state index in [1.54, 1.807) is 19.3 Å². The van der Waals surface area contributed by atoms with Gasteiger partial charge in [0.1, 0.15) is 11.6 Å². The van der Waals surface area contributed by atoms with Crippen molar-refractivity contribution >= 4 is 5.91 Å². The second-order valence-electron chi connectivity index (χ2n) is 5.47. The van der Waals surface area contributed by atoms with Crippen LogP contribution in [0.15, 0.2) is 36.7 Å². The molecule has 8 heteroatoms. The Morgan fingerprint density at radius 3 is 2.54 bits per heavy atom. The molecule has 2 aromatic rings. The molecule has 0 spiro atoms. The summed E-state index contributed by atoms with van der Waals surface area (Å²) in [4.78, 5) is 16.2. The van der Waals surface area contributed by atoms with Crippen molar-refractivity contribution in [2.24, 2.45) is 13.0 Å². The lowest BCUT2D eigenvalue weighted by Gasteiger charge is -2.13. The lowest BCUT2D eigenvalue weighted by Crippen LogP contribution is -2.30. The molecule has 0 radical (unpaired) electrons. The van der Waals surface area contributed by atoms with Gasteiger partial charge in [-0.05, 0) is 24.1 Å². The Bertz CT molecular complexity index is 681. The van der Waals surface area contributed by atoms with Gasteiger partial charge in [-0.25, -0.2) is 4.98 Å².